The molecule has 2 aliphatic carbocycles. The maximum absolute atomic E-state index is 12.9. The first-order valence-corrected chi connectivity index (χ1v) is 17.2. The number of aromatic nitrogens is 1. The molecule has 2 N–H and O–H groups in total. The number of hydrogen-bond donors (Lipinski definition) is 2. The monoisotopic (exact) mass is 799 g/mol. The Morgan fingerprint density at radius 1 is 1.00 bits per heavy atom. The highest BCUT2D eigenvalue weighted by molar-refractivity contribution is 6.39. The van der Waals surface area contributed by atoms with Gasteiger partial charge in [0.1, 0.15) is 6.54 Å². The number of quaternary nitrogens is 1. The fraction of sp³-hybridized carbons (Fsp3) is 0.472. The molecule has 9 nitrogen and oxygen atoms in total. The van der Waals surface area contributed by atoms with Crippen LogP contribution < -0.4 is 31.8 Å². The van der Waals surface area contributed by atoms with Crippen molar-refractivity contribution in [3.8, 4) is 11.5 Å². The number of carbonyl (C=O) groups is 2. The lowest BCUT2D eigenvalue weighted by atomic mass is 9.80. The van der Waals surface area contributed by atoms with Crippen molar-refractivity contribution in [3.05, 3.63) is 82.1 Å². The Bertz CT molecular complexity index is 1590. The largest absolute Gasteiger partial charge is 1.00 e. The Kier molecular flexibility index (Phi) is 13.9. The number of alkyl halides is 2. The summed E-state index contributed by atoms with van der Waals surface area (Å²) in [6, 6.07) is 13.3. The van der Waals surface area contributed by atoms with Crippen molar-refractivity contribution in [3.63, 3.8) is 0 Å². The van der Waals surface area contributed by atoms with Gasteiger partial charge in [-0.2, -0.15) is 8.78 Å². The molecular formula is C36H42BrCl2F2N3O6. The van der Waals surface area contributed by atoms with Crippen LogP contribution in [0.1, 0.15) is 60.9 Å². The van der Waals surface area contributed by atoms with E-state index in [2.05, 4.69) is 29.1 Å². The number of nitrogens with one attached hydrogen (secondary N) is 1. The first-order chi connectivity index (χ1) is 23.4. The van der Waals surface area contributed by atoms with Gasteiger partial charge in [-0.1, -0.05) is 66.4 Å². The molecule has 14 heteroatoms. The van der Waals surface area contributed by atoms with Crippen LogP contribution in [0.4, 0.5) is 14.5 Å². The molecule has 1 aromatic heterocycles. The Labute approximate surface area is 311 Å². The lowest BCUT2D eigenvalue weighted by molar-refractivity contribution is -0.879. The number of nitrogens with zero attached hydrogens (tertiary/aromatic N) is 2. The normalized spacial score (nSPS) is 19.4. The smallest absolute Gasteiger partial charge is 0.387 e. The van der Waals surface area contributed by atoms with E-state index in [1.54, 1.807) is 0 Å². The lowest BCUT2D eigenvalue weighted by Crippen LogP contribution is -3.00. The van der Waals surface area contributed by atoms with Crippen LogP contribution in [0.3, 0.4) is 0 Å². The van der Waals surface area contributed by atoms with E-state index < -0.39 is 24.1 Å². The predicted molar refractivity (Wildman–Crippen MR) is 182 cm³/mol. The summed E-state index contributed by atoms with van der Waals surface area (Å²) in [5.41, 5.74) is -0.441. The van der Waals surface area contributed by atoms with Crippen molar-refractivity contribution in [2.45, 2.75) is 63.3 Å². The molecule has 6 rings (SSSR count). The summed E-state index contributed by atoms with van der Waals surface area (Å²) in [6.45, 7) is -0.786. The molecule has 2 aromatic carbocycles. The zero-order valence-electron chi connectivity index (χ0n) is 27.9. The molecule has 50 heavy (non-hydrogen) atoms. The van der Waals surface area contributed by atoms with Crippen LogP contribution in [-0.2, 0) is 15.1 Å². The second-order valence-corrected chi connectivity index (χ2v) is 14.3. The van der Waals surface area contributed by atoms with Crippen LogP contribution in [0.15, 0.2) is 60.9 Å². The molecule has 3 fully saturated rings. The average molecular weight is 802 g/mol. The van der Waals surface area contributed by atoms with Gasteiger partial charge >= 0.3 is 12.6 Å². The highest BCUT2D eigenvalue weighted by Crippen LogP contribution is 2.42. The van der Waals surface area contributed by atoms with Crippen LogP contribution >= 0.6 is 23.2 Å². The molecule has 0 bridgehead atoms. The Morgan fingerprint density at radius 3 is 2.24 bits per heavy atom. The molecular weight excluding hydrogens is 759 g/mol. The van der Waals surface area contributed by atoms with Crippen molar-refractivity contribution in [1.82, 2.24) is 4.98 Å². The minimum Gasteiger partial charge on any atom is -1.00 e. The van der Waals surface area contributed by atoms with Gasteiger partial charge in [0.2, 0.25) is 0 Å². The summed E-state index contributed by atoms with van der Waals surface area (Å²) >= 11 is 12.0. The summed E-state index contributed by atoms with van der Waals surface area (Å²) in [5.74, 6) is -0.668. The quantitative estimate of drug-likeness (QED) is 0.218. The Morgan fingerprint density at radius 2 is 1.66 bits per heavy atom. The summed E-state index contributed by atoms with van der Waals surface area (Å²) in [7, 11) is 4.29. The van der Waals surface area contributed by atoms with Crippen LogP contribution in [0.5, 0.6) is 11.5 Å². The van der Waals surface area contributed by atoms with E-state index >= 15 is 0 Å². The van der Waals surface area contributed by atoms with Crippen molar-refractivity contribution < 1.29 is 59.2 Å². The van der Waals surface area contributed by atoms with Crippen LogP contribution in [0, 0.1) is 11.8 Å². The zero-order chi connectivity index (χ0) is 35.2. The van der Waals surface area contributed by atoms with Crippen LogP contribution in [0.25, 0.3) is 0 Å². The number of aliphatic hydroxyl groups is 1. The van der Waals surface area contributed by atoms with E-state index in [0.29, 0.717) is 18.1 Å². The molecule has 0 radical (unpaired) electrons. The molecule has 3 aromatic rings. The molecule has 2 heterocycles. The zero-order valence-corrected chi connectivity index (χ0v) is 31.0. The summed E-state index contributed by atoms with van der Waals surface area (Å²) in [4.78, 5) is 29.2. The number of amides is 1. The maximum atomic E-state index is 12.9. The minimum absolute atomic E-state index is 0. The number of halogens is 5. The van der Waals surface area contributed by atoms with Crippen LogP contribution in [0.2, 0.25) is 10.0 Å². The van der Waals surface area contributed by atoms with Crippen molar-refractivity contribution in [2.24, 2.45) is 11.8 Å². The van der Waals surface area contributed by atoms with Gasteiger partial charge in [-0.15, -0.1) is 0 Å². The van der Waals surface area contributed by atoms with E-state index in [1.165, 1.54) is 30.6 Å². The highest BCUT2D eigenvalue weighted by atomic mass is 79.9. The van der Waals surface area contributed by atoms with Gasteiger partial charge < -0.3 is 46.1 Å². The molecule has 3 aliphatic rings. The molecule has 2 unspecified atom stereocenters. The van der Waals surface area contributed by atoms with Gasteiger partial charge in [-0.05, 0) is 55.4 Å². The average Bonchev–Trinajstić information content (AvgIpc) is 3.60. The third-order valence-electron chi connectivity index (χ3n) is 9.18. The second-order valence-electron chi connectivity index (χ2n) is 13.5. The number of anilines is 1. The van der Waals surface area contributed by atoms with E-state index in [9.17, 15) is 23.5 Å². The third-order valence-corrected chi connectivity index (χ3v) is 9.76. The SMILES string of the molecule is C[N+]1(C)CCC(OC(=O)C(O)(c2ccccc2)C2CCCC2)C1.O=C(Nc1c(Cl)cncc1Cl)c1ccc(OC(F)F)c(OCC2CC2)c1.[Br-]. The number of likely N-dealkylation sites (tertiary alicyclic amines) is 1. The molecule has 1 amide bonds. The van der Waals surface area contributed by atoms with Crippen molar-refractivity contribution in [1.29, 1.82) is 0 Å². The molecule has 0 spiro atoms. The fourth-order valence-electron chi connectivity index (χ4n) is 6.28. The van der Waals surface area contributed by atoms with Gasteiger partial charge in [-0.3, -0.25) is 9.78 Å². The Balaban J connectivity index is 0.000000222. The summed E-state index contributed by atoms with van der Waals surface area (Å²) in [6.07, 6.45) is 9.43. The predicted octanol–water partition coefficient (Wildman–Crippen LogP) is 4.49. The fourth-order valence-corrected chi connectivity index (χ4v) is 6.74. The van der Waals surface area contributed by atoms with E-state index in [4.69, 9.17) is 32.7 Å². The third kappa shape index (κ3) is 10.3. The Hall–Kier alpha value is -3.03. The van der Waals surface area contributed by atoms with E-state index in [1.807, 2.05) is 30.3 Å². The molecule has 1 aliphatic heterocycles. The minimum atomic E-state index is -2.99. The molecule has 2 saturated carbocycles. The summed E-state index contributed by atoms with van der Waals surface area (Å²) in [5, 5.41) is 14.3. The molecule has 1 saturated heterocycles. The van der Waals surface area contributed by atoms with Gasteiger partial charge in [-0.25, -0.2) is 4.79 Å². The number of pyridine rings is 1. The maximum Gasteiger partial charge on any atom is 0.387 e. The van der Waals surface area contributed by atoms with Gasteiger partial charge in [0.05, 0.1) is 43.0 Å². The van der Waals surface area contributed by atoms with Gasteiger partial charge in [0.25, 0.3) is 5.91 Å². The molecule has 272 valence electrons. The second kappa shape index (κ2) is 17.5. The van der Waals surface area contributed by atoms with Gasteiger partial charge in [0.15, 0.2) is 23.2 Å². The van der Waals surface area contributed by atoms with Crippen LogP contribution in [-0.4, -0.2) is 73.0 Å². The number of ether oxygens (including phenoxy) is 3. The number of esters is 1. The van der Waals surface area contributed by atoms with Gasteiger partial charge in [0, 0.05) is 30.3 Å². The number of rotatable bonds is 11. The molecule has 2 atom stereocenters. The first kappa shape index (κ1) is 39.8. The van der Waals surface area contributed by atoms with Crippen molar-refractivity contribution in [2.75, 3.05) is 39.1 Å². The number of carbonyl (C=O) groups excluding carboxylic acids is 2. The standard InChI is InChI=1S/C19H28NO3.C17H14Cl2F2N2O3.BrH/c1-20(2)13-12-17(14-20)23-18(21)19(22,16-10-6-7-11-16)15-8-4-3-5-9-15;18-11-6-22-7-12(19)15(11)23-16(24)10-3-4-13(26-17(20)21)14(5-10)25-8-9-1-2-9;/h3-5,8-9,16-17,22H,6-7,10-14H2,1-2H3;3-7,9,17H,1-2,8H2,(H,22,23,24);1H/q+1;;/p-1. The number of likely N-dealkylation sites (N-methyl/N-ethyl adjacent to an activating group) is 1. The topological polar surface area (TPSA) is 107 Å². The van der Waals surface area contributed by atoms with Crippen molar-refractivity contribution >= 4 is 40.8 Å². The number of benzene rings is 2. The number of hydrogen-bond acceptors (Lipinski definition) is 7. The lowest BCUT2D eigenvalue weighted by Gasteiger charge is -2.33. The first-order valence-electron chi connectivity index (χ1n) is 16.5. The highest BCUT2D eigenvalue weighted by Gasteiger charge is 2.49. The van der Waals surface area contributed by atoms with E-state index in [-0.39, 0.29) is 61.8 Å². The summed E-state index contributed by atoms with van der Waals surface area (Å²) < 4.78 is 41.7. The van der Waals surface area contributed by atoms with E-state index in [0.717, 1.165) is 62.5 Å².